The second-order valence-corrected chi connectivity index (χ2v) is 8.76. The number of carbonyl (C=O) groups is 1. The quantitative estimate of drug-likeness (QED) is 0.267. The Bertz CT molecular complexity index is 1350. The molecule has 0 bridgehead atoms. The predicted molar refractivity (Wildman–Crippen MR) is 137 cm³/mol. The first kappa shape index (κ1) is 26.5. The Morgan fingerprint density at radius 2 is 2.08 bits per heavy atom. The minimum atomic E-state index is -1.29. The van der Waals surface area contributed by atoms with Gasteiger partial charge in [0.05, 0.1) is 11.5 Å². The van der Waals surface area contributed by atoms with Crippen LogP contribution in [0.4, 0.5) is 5.82 Å². The van der Waals surface area contributed by atoms with Crippen LogP contribution in [0.2, 0.25) is 0 Å². The number of nitrogens with two attached hydrogens (primary N) is 2. The number of nitrogens with zero attached hydrogens (tertiary/aromatic N) is 7. The average Bonchev–Trinajstić information content (AvgIpc) is 3.30. The SMILES string of the molecule is CCOC1CN(c2cc(C)c3c(=O)c(C(=O)O)cn(-c4ncns4)c3n2)C1.CN(C)C(N)=NC(=N)N. The van der Waals surface area contributed by atoms with Crippen molar-refractivity contribution in [3.05, 3.63) is 39.9 Å². The number of carboxylic acid groups (broad SMARTS) is 1. The smallest absolute Gasteiger partial charge is 0.341 e. The summed E-state index contributed by atoms with van der Waals surface area (Å²) in [6.45, 7) is 5.86. The third-order valence-electron chi connectivity index (χ3n) is 5.20. The lowest BCUT2D eigenvalue weighted by Gasteiger charge is -2.39. The van der Waals surface area contributed by atoms with Gasteiger partial charge in [0, 0.05) is 51.5 Å². The maximum Gasteiger partial charge on any atom is 0.341 e. The molecule has 0 unspecified atom stereocenters. The van der Waals surface area contributed by atoms with Gasteiger partial charge in [-0.25, -0.2) is 14.8 Å². The molecule has 1 fully saturated rings. The van der Waals surface area contributed by atoms with E-state index < -0.39 is 11.4 Å². The van der Waals surface area contributed by atoms with Crippen molar-refractivity contribution in [2.45, 2.75) is 20.0 Å². The van der Waals surface area contributed by atoms with Crippen molar-refractivity contribution in [2.24, 2.45) is 16.5 Å². The first-order valence-electron chi connectivity index (χ1n) is 10.8. The highest BCUT2D eigenvalue weighted by atomic mass is 32.1. The maximum atomic E-state index is 12.7. The highest BCUT2D eigenvalue weighted by molar-refractivity contribution is 7.08. The normalized spacial score (nSPS) is 13.7. The predicted octanol–water partition coefficient (Wildman–Crippen LogP) is 0.225. The molecular formula is C21H28N10O4S. The highest BCUT2D eigenvalue weighted by Crippen LogP contribution is 2.27. The molecule has 1 saturated heterocycles. The summed E-state index contributed by atoms with van der Waals surface area (Å²) in [4.78, 5) is 40.1. The monoisotopic (exact) mass is 516 g/mol. The summed E-state index contributed by atoms with van der Waals surface area (Å²) in [7, 11) is 3.45. The second-order valence-electron chi connectivity index (χ2n) is 8.00. The Labute approximate surface area is 210 Å². The van der Waals surface area contributed by atoms with Crippen molar-refractivity contribution in [3.8, 4) is 5.13 Å². The molecule has 0 radical (unpaired) electrons. The van der Waals surface area contributed by atoms with Crippen LogP contribution in [0.5, 0.6) is 0 Å². The van der Waals surface area contributed by atoms with Gasteiger partial charge < -0.3 is 31.1 Å². The van der Waals surface area contributed by atoms with E-state index in [0.29, 0.717) is 22.9 Å². The van der Waals surface area contributed by atoms with Crippen molar-refractivity contribution >= 4 is 46.3 Å². The van der Waals surface area contributed by atoms with E-state index in [-0.39, 0.29) is 29.0 Å². The summed E-state index contributed by atoms with van der Waals surface area (Å²) in [6, 6.07) is 1.81. The second kappa shape index (κ2) is 11.1. The number of aromatic carboxylic acids is 1. The summed E-state index contributed by atoms with van der Waals surface area (Å²) >= 11 is 1.10. The van der Waals surface area contributed by atoms with E-state index in [1.54, 1.807) is 25.9 Å². The summed E-state index contributed by atoms with van der Waals surface area (Å²) in [5.41, 5.74) is 10.4. The number of carboxylic acids is 1. The van der Waals surface area contributed by atoms with Crippen LogP contribution in [-0.2, 0) is 4.74 Å². The fraction of sp³-hybridized carbons (Fsp3) is 0.381. The first-order valence-corrected chi connectivity index (χ1v) is 11.6. The molecule has 0 atom stereocenters. The van der Waals surface area contributed by atoms with Crippen molar-refractivity contribution in [3.63, 3.8) is 0 Å². The Kier molecular flexibility index (Phi) is 8.16. The number of aromatic nitrogens is 4. The molecule has 4 heterocycles. The van der Waals surface area contributed by atoms with Crippen LogP contribution in [0.15, 0.2) is 28.4 Å². The molecule has 15 heteroatoms. The molecule has 3 aromatic rings. The molecule has 36 heavy (non-hydrogen) atoms. The number of nitrogens with one attached hydrogen (secondary N) is 1. The number of hydrogen-bond acceptors (Lipinski definition) is 9. The van der Waals surface area contributed by atoms with Gasteiger partial charge in [0.25, 0.3) is 0 Å². The van der Waals surface area contributed by atoms with Crippen LogP contribution in [0.3, 0.4) is 0 Å². The van der Waals surface area contributed by atoms with E-state index in [0.717, 1.165) is 30.4 Å². The molecule has 4 rings (SSSR count). The van der Waals surface area contributed by atoms with Crippen molar-refractivity contribution in [2.75, 3.05) is 38.7 Å². The zero-order valence-corrected chi connectivity index (χ0v) is 21.1. The number of hydrogen-bond donors (Lipinski definition) is 4. The lowest BCUT2D eigenvalue weighted by atomic mass is 10.1. The van der Waals surface area contributed by atoms with Gasteiger partial charge in [0.2, 0.25) is 16.5 Å². The number of rotatable bonds is 5. The van der Waals surface area contributed by atoms with Crippen LogP contribution < -0.4 is 21.8 Å². The van der Waals surface area contributed by atoms with Crippen molar-refractivity contribution < 1.29 is 14.6 Å². The Hall–Kier alpha value is -4.11. The van der Waals surface area contributed by atoms with E-state index in [1.165, 1.54) is 17.1 Å². The molecule has 6 N–H and O–H groups in total. The molecule has 1 aliphatic heterocycles. The molecule has 0 aromatic carbocycles. The maximum absolute atomic E-state index is 12.7. The van der Waals surface area contributed by atoms with Crippen molar-refractivity contribution in [1.82, 2.24) is 23.8 Å². The Morgan fingerprint density at radius 1 is 1.39 bits per heavy atom. The van der Waals surface area contributed by atoms with E-state index in [2.05, 4.69) is 24.2 Å². The first-order chi connectivity index (χ1) is 17.0. The Balaban J connectivity index is 0.000000345. The fourth-order valence-corrected chi connectivity index (χ4v) is 3.91. The van der Waals surface area contributed by atoms with Crippen molar-refractivity contribution in [1.29, 1.82) is 5.41 Å². The fourth-order valence-electron chi connectivity index (χ4n) is 3.40. The van der Waals surface area contributed by atoms with E-state index in [4.69, 9.17) is 21.6 Å². The van der Waals surface area contributed by atoms with Gasteiger partial charge in [0.15, 0.2) is 11.6 Å². The molecule has 0 aliphatic carbocycles. The van der Waals surface area contributed by atoms with E-state index in [9.17, 15) is 14.7 Å². The number of guanidine groups is 2. The average molecular weight is 517 g/mol. The Morgan fingerprint density at radius 3 is 2.58 bits per heavy atom. The summed E-state index contributed by atoms with van der Waals surface area (Å²) < 4.78 is 11.1. The lowest BCUT2D eigenvalue weighted by Crippen LogP contribution is -2.52. The van der Waals surface area contributed by atoms with Gasteiger partial charge in [-0.3, -0.25) is 14.8 Å². The summed E-state index contributed by atoms with van der Waals surface area (Å²) in [5.74, 6) is -0.605. The summed E-state index contributed by atoms with van der Waals surface area (Å²) in [6.07, 6.45) is 2.82. The minimum absolute atomic E-state index is 0.174. The zero-order chi connectivity index (χ0) is 26.6. The molecule has 192 valence electrons. The van der Waals surface area contributed by atoms with Crippen LogP contribution in [-0.4, -0.2) is 86.7 Å². The molecule has 0 amide bonds. The summed E-state index contributed by atoms with van der Waals surface area (Å²) in [5, 5.41) is 16.8. The van der Waals surface area contributed by atoms with Gasteiger partial charge in [-0.15, -0.1) is 0 Å². The molecule has 3 aromatic heterocycles. The number of aryl methyl sites for hydroxylation is 1. The third kappa shape index (κ3) is 5.75. The minimum Gasteiger partial charge on any atom is -0.477 e. The van der Waals surface area contributed by atoms with Crippen LogP contribution in [0.1, 0.15) is 22.8 Å². The molecular weight excluding hydrogens is 488 g/mol. The third-order valence-corrected chi connectivity index (χ3v) is 5.86. The molecule has 14 nitrogen and oxygen atoms in total. The topological polar surface area (TPSA) is 202 Å². The lowest BCUT2D eigenvalue weighted by molar-refractivity contribution is 0.0427. The van der Waals surface area contributed by atoms with Crippen LogP contribution >= 0.6 is 11.5 Å². The number of ether oxygens (including phenoxy) is 1. The van der Waals surface area contributed by atoms with Crippen LogP contribution in [0.25, 0.3) is 16.2 Å². The molecule has 1 aliphatic rings. The number of aliphatic imine (C=N–C) groups is 1. The van der Waals surface area contributed by atoms with Gasteiger partial charge in [-0.05, 0) is 25.5 Å². The highest BCUT2D eigenvalue weighted by Gasteiger charge is 2.29. The van der Waals surface area contributed by atoms with Crippen LogP contribution in [0, 0.1) is 12.3 Å². The number of pyridine rings is 2. The van der Waals surface area contributed by atoms with Gasteiger partial charge in [-0.2, -0.15) is 9.37 Å². The van der Waals surface area contributed by atoms with Gasteiger partial charge >= 0.3 is 5.97 Å². The standard InChI is InChI=1S/C17H17N5O4S.C4H11N5/c1-3-26-10-5-21(6-10)12-4-9(2)13-14(23)11(16(24)25)7-22(15(13)20-12)17-18-8-19-27-17;1-9(2)4(7)8-3(5)6/h4,7-8,10H,3,5-6H2,1-2H3,(H,24,25);1-2H3,(H5,5,6,7,8). The number of fused-ring (bicyclic) bond motifs is 1. The largest absolute Gasteiger partial charge is 0.477 e. The van der Waals surface area contributed by atoms with Gasteiger partial charge in [-0.1, -0.05) is 0 Å². The van der Waals surface area contributed by atoms with E-state index in [1.807, 2.05) is 13.0 Å². The zero-order valence-electron chi connectivity index (χ0n) is 20.3. The number of anilines is 1. The molecule has 0 spiro atoms. The molecule has 0 saturated carbocycles. The van der Waals surface area contributed by atoms with Gasteiger partial charge in [0.1, 0.15) is 17.7 Å². The van der Waals surface area contributed by atoms with E-state index >= 15 is 0 Å².